The van der Waals surface area contributed by atoms with Gasteiger partial charge in [0.25, 0.3) is 0 Å². The summed E-state index contributed by atoms with van der Waals surface area (Å²) in [6.07, 6.45) is 3.84. The second-order valence-electron chi connectivity index (χ2n) is 6.03. The minimum atomic E-state index is -0.386. The average Bonchev–Trinajstić information content (AvgIpc) is 3.08. The first-order chi connectivity index (χ1) is 12.7. The molecule has 0 N–H and O–H groups in total. The van der Waals surface area contributed by atoms with E-state index in [1.165, 1.54) is 5.56 Å². The molecule has 1 aliphatic heterocycles. The van der Waals surface area contributed by atoms with Crippen LogP contribution in [0.3, 0.4) is 0 Å². The monoisotopic (exact) mass is 362 g/mol. The molecule has 0 unspecified atom stereocenters. The summed E-state index contributed by atoms with van der Waals surface area (Å²) in [7, 11) is 0. The molecule has 5 heteroatoms. The predicted molar refractivity (Wildman–Crippen MR) is 104 cm³/mol. The van der Waals surface area contributed by atoms with Gasteiger partial charge < -0.3 is 4.74 Å². The molecule has 1 aliphatic rings. The van der Waals surface area contributed by atoms with Gasteiger partial charge in [-0.05, 0) is 31.6 Å². The van der Waals surface area contributed by atoms with E-state index in [1.807, 2.05) is 22.8 Å². The van der Waals surface area contributed by atoms with Crippen LogP contribution in [0.5, 0.6) is 0 Å². The number of aromatic nitrogens is 2. The zero-order valence-corrected chi connectivity index (χ0v) is 15.4. The number of aryl methyl sites for hydroxylation is 1. The van der Waals surface area contributed by atoms with E-state index in [0.717, 1.165) is 26.7 Å². The fourth-order valence-electron chi connectivity index (χ4n) is 2.92. The van der Waals surface area contributed by atoms with E-state index in [0.29, 0.717) is 12.3 Å². The predicted octanol–water partition coefficient (Wildman–Crippen LogP) is 4.96. The van der Waals surface area contributed by atoms with Gasteiger partial charge in [0.1, 0.15) is 11.4 Å². The number of carbonyl (C=O) groups excluding carboxylic acids is 1. The van der Waals surface area contributed by atoms with Crippen LogP contribution < -0.4 is 0 Å². The van der Waals surface area contributed by atoms with E-state index in [9.17, 15) is 4.79 Å². The quantitative estimate of drug-likeness (QED) is 0.618. The number of imidazole rings is 1. The highest BCUT2D eigenvalue weighted by molar-refractivity contribution is 8.08. The third-order valence-corrected chi connectivity index (χ3v) is 5.34. The second kappa shape index (κ2) is 6.84. The van der Waals surface area contributed by atoms with Crippen molar-refractivity contribution >= 4 is 28.7 Å². The molecule has 0 fully saturated rings. The number of benzene rings is 2. The van der Waals surface area contributed by atoms with Gasteiger partial charge in [0, 0.05) is 10.5 Å². The van der Waals surface area contributed by atoms with Crippen molar-refractivity contribution in [2.75, 3.05) is 6.61 Å². The lowest BCUT2D eigenvalue weighted by molar-refractivity contribution is 0.0515. The van der Waals surface area contributed by atoms with Crippen LogP contribution in [-0.4, -0.2) is 22.1 Å². The van der Waals surface area contributed by atoms with Gasteiger partial charge in [-0.1, -0.05) is 59.8 Å². The fourth-order valence-corrected chi connectivity index (χ4v) is 4.08. The number of nitrogens with zero attached hydrogens (tertiary/aromatic N) is 2. The summed E-state index contributed by atoms with van der Waals surface area (Å²) in [5.74, 6) is -0.386. The molecule has 0 saturated heterocycles. The molecule has 2 heterocycles. The number of esters is 1. The number of fused-ring (bicyclic) bond motifs is 3. The van der Waals surface area contributed by atoms with Crippen LogP contribution in [0.15, 0.2) is 59.9 Å². The van der Waals surface area contributed by atoms with Gasteiger partial charge in [-0.25, -0.2) is 9.78 Å². The lowest BCUT2D eigenvalue weighted by Crippen LogP contribution is -2.10. The molecular weight excluding hydrogens is 344 g/mol. The third-order valence-electron chi connectivity index (χ3n) is 4.20. The minimum absolute atomic E-state index is 0.332. The zero-order valence-electron chi connectivity index (χ0n) is 14.6. The molecule has 4 rings (SSSR count). The summed E-state index contributed by atoms with van der Waals surface area (Å²) in [6, 6.07) is 16.5. The maximum Gasteiger partial charge on any atom is 0.359 e. The highest BCUT2D eigenvalue weighted by Crippen LogP contribution is 2.45. The Labute approximate surface area is 156 Å². The zero-order chi connectivity index (χ0) is 18.1. The Hall–Kier alpha value is -2.79. The Morgan fingerprint density at radius 3 is 2.73 bits per heavy atom. The summed E-state index contributed by atoms with van der Waals surface area (Å²) in [5.41, 5.74) is 4.85. The maximum atomic E-state index is 12.3. The highest BCUT2D eigenvalue weighted by Gasteiger charge is 2.27. The molecule has 130 valence electrons. The maximum absolute atomic E-state index is 12.3. The van der Waals surface area contributed by atoms with Gasteiger partial charge in [-0.3, -0.25) is 4.57 Å². The van der Waals surface area contributed by atoms with Crippen molar-refractivity contribution in [1.82, 2.24) is 9.55 Å². The first-order valence-corrected chi connectivity index (χ1v) is 9.29. The van der Waals surface area contributed by atoms with Crippen molar-refractivity contribution in [2.24, 2.45) is 0 Å². The molecule has 3 aromatic rings. The Balaban J connectivity index is 1.83. The van der Waals surface area contributed by atoms with E-state index < -0.39 is 0 Å². The first-order valence-electron chi connectivity index (χ1n) is 8.48. The summed E-state index contributed by atoms with van der Waals surface area (Å²) >= 11 is 1.55. The van der Waals surface area contributed by atoms with Gasteiger partial charge in [0.05, 0.1) is 12.3 Å². The van der Waals surface area contributed by atoms with Gasteiger partial charge in [-0.2, -0.15) is 0 Å². The van der Waals surface area contributed by atoms with Crippen molar-refractivity contribution in [3.8, 4) is 5.69 Å². The SMILES string of the molecule is CCOC(=O)c1ncn2c1S/C(=C\c1ccc(C)cc1)c1ccccc1-2. The number of hydrogen-bond donors (Lipinski definition) is 0. The van der Waals surface area contributed by atoms with Crippen molar-refractivity contribution in [3.63, 3.8) is 0 Å². The molecule has 0 amide bonds. The van der Waals surface area contributed by atoms with Crippen LogP contribution in [0, 0.1) is 6.92 Å². The van der Waals surface area contributed by atoms with Crippen molar-refractivity contribution < 1.29 is 9.53 Å². The van der Waals surface area contributed by atoms with E-state index >= 15 is 0 Å². The van der Waals surface area contributed by atoms with Crippen LogP contribution in [0.1, 0.15) is 34.1 Å². The molecule has 4 nitrogen and oxygen atoms in total. The van der Waals surface area contributed by atoms with Gasteiger partial charge >= 0.3 is 5.97 Å². The van der Waals surface area contributed by atoms with E-state index in [2.05, 4.69) is 48.3 Å². The fraction of sp³-hybridized carbons (Fsp3) is 0.143. The molecule has 0 radical (unpaired) electrons. The van der Waals surface area contributed by atoms with Crippen molar-refractivity contribution in [1.29, 1.82) is 0 Å². The molecule has 0 spiro atoms. The lowest BCUT2D eigenvalue weighted by Gasteiger charge is -2.21. The molecule has 26 heavy (non-hydrogen) atoms. The van der Waals surface area contributed by atoms with Crippen LogP contribution in [0.25, 0.3) is 16.7 Å². The number of para-hydroxylation sites is 1. The highest BCUT2D eigenvalue weighted by atomic mass is 32.2. The topological polar surface area (TPSA) is 44.1 Å². The smallest absolute Gasteiger partial charge is 0.359 e. The standard InChI is InChI=1S/C21H18N2O2S/c1-3-25-21(24)19-20-23(13-22-19)17-7-5-4-6-16(17)18(26-20)12-15-10-8-14(2)9-11-15/h4-13H,3H2,1-2H3/b18-12-. The van der Waals surface area contributed by atoms with E-state index in [1.54, 1.807) is 25.0 Å². The van der Waals surface area contributed by atoms with Gasteiger partial charge in [-0.15, -0.1) is 0 Å². The first kappa shape index (κ1) is 16.7. The van der Waals surface area contributed by atoms with Crippen LogP contribution in [-0.2, 0) is 4.74 Å². The molecule has 0 saturated carbocycles. The molecule has 2 aromatic carbocycles. The number of hydrogen-bond acceptors (Lipinski definition) is 4. The number of carbonyl (C=O) groups is 1. The molecule has 0 bridgehead atoms. The molecule has 0 aliphatic carbocycles. The second-order valence-corrected chi connectivity index (χ2v) is 7.06. The third kappa shape index (κ3) is 2.95. The van der Waals surface area contributed by atoms with E-state index in [4.69, 9.17) is 4.74 Å². The van der Waals surface area contributed by atoms with Crippen molar-refractivity contribution in [2.45, 2.75) is 18.9 Å². The Kier molecular flexibility index (Phi) is 4.39. The summed E-state index contributed by atoms with van der Waals surface area (Å²) in [5, 5.41) is 0.792. The Morgan fingerprint density at radius 1 is 1.19 bits per heavy atom. The van der Waals surface area contributed by atoms with Crippen LogP contribution >= 0.6 is 11.8 Å². The van der Waals surface area contributed by atoms with Crippen LogP contribution in [0.2, 0.25) is 0 Å². The molecule has 0 atom stereocenters. The summed E-state index contributed by atoms with van der Waals surface area (Å²) < 4.78 is 7.12. The number of ether oxygens (including phenoxy) is 1. The average molecular weight is 362 g/mol. The molecule has 1 aromatic heterocycles. The number of rotatable bonds is 3. The summed E-state index contributed by atoms with van der Waals surface area (Å²) in [6.45, 7) is 4.20. The largest absolute Gasteiger partial charge is 0.461 e. The Morgan fingerprint density at radius 2 is 1.96 bits per heavy atom. The molecular formula is C21H18N2O2S. The normalized spacial score (nSPS) is 14.0. The van der Waals surface area contributed by atoms with Gasteiger partial charge in [0.2, 0.25) is 0 Å². The number of thioether (sulfide) groups is 1. The minimum Gasteiger partial charge on any atom is -0.461 e. The van der Waals surface area contributed by atoms with Crippen LogP contribution in [0.4, 0.5) is 0 Å². The Bertz CT molecular complexity index is 1000. The lowest BCUT2D eigenvalue weighted by atomic mass is 10.1. The van der Waals surface area contributed by atoms with E-state index in [-0.39, 0.29) is 5.97 Å². The van der Waals surface area contributed by atoms with Gasteiger partial charge in [0.15, 0.2) is 5.69 Å². The summed E-state index contributed by atoms with van der Waals surface area (Å²) in [4.78, 5) is 17.7. The van der Waals surface area contributed by atoms with Crippen molar-refractivity contribution in [3.05, 3.63) is 77.2 Å².